The second-order valence-electron chi connectivity index (χ2n) is 6.30. The molecule has 0 bridgehead atoms. The minimum atomic E-state index is -3.26. The Labute approximate surface area is 158 Å². The molecular formula is C19H22N2O5S. The number of benzene rings is 2. The summed E-state index contributed by atoms with van der Waals surface area (Å²) in [7, 11) is -3.26. The molecule has 0 unspecified atom stereocenters. The summed E-state index contributed by atoms with van der Waals surface area (Å²) in [6, 6.07) is 15.4. The minimum absolute atomic E-state index is 0.149. The van der Waals surface area contributed by atoms with Gasteiger partial charge in [0.1, 0.15) is 0 Å². The van der Waals surface area contributed by atoms with Crippen LogP contribution in [0.25, 0.3) is 0 Å². The summed E-state index contributed by atoms with van der Waals surface area (Å²) in [5, 5.41) is 2.76. The molecule has 27 heavy (non-hydrogen) atoms. The third kappa shape index (κ3) is 5.45. The monoisotopic (exact) mass is 390 g/mol. The second kappa shape index (κ2) is 8.41. The van der Waals surface area contributed by atoms with Crippen molar-refractivity contribution in [3.63, 3.8) is 0 Å². The van der Waals surface area contributed by atoms with E-state index in [1.54, 1.807) is 0 Å². The predicted molar refractivity (Wildman–Crippen MR) is 101 cm³/mol. The molecule has 144 valence electrons. The third-order valence-electron chi connectivity index (χ3n) is 4.20. The van der Waals surface area contributed by atoms with E-state index in [0.717, 1.165) is 17.4 Å². The van der Waals surface area contributed by atoms with Crippen LogP contribution >= 0.6 is 0 Å². The molecule has 0 fully saturated rings. The highest BCUT2D eigenvalue weighted by Crippen LogP contribution is 2.37. The number of carbonyl (C=O) groups is 1. The molecular weight excluding hydrogens is 368 g/mol. The van der Waals surface area contributed by atoms with Crippen molar-refractivity contribution in [1.29, 1.82) is 0 Å². The van der Waals surface area contributed by atoms with Gasteiger partial charge in [-0.25, -0.2) is 13.1 Å². The standard InChI is InChI=1S/C19H22N2O5S/c1-27(23,24)21-10-9-20-19(22)12-16(14-5-3-2-4-6-14)15-7-8-17-18(11-15)26-13-25-17/h2-8,11,16,21H,9-10,12-13H2,1H3,(H,20,22)/t16-/m1/s1. The maximum Gasteiger partial charge on any atom is 0.231 e. The zero-order valence-electron chi connectivity index (χ0n) is 15.0. The molecule has 0 saturated carbocycles. The lowest BCUT2D eigenvalue weighted by Crippen LogP contribution is -2.34. The molecule has 3 rings (SSSR count). The molecule has 1 heterocycles. The van der Waals surface area contributed by atoms with Crippen LogP contribution < -0.4 is 19.5 Å². The number of hydrogen-bond acceptors (Lipinski definition) is 5. The Morgan fingerprint density at radius 2 is 1.78 bits per heavy atom. The van der Waals surface area contributed by atoms with Crippen LogP contribution in [0.3, 0.4) is 0 Å². The summed E-state index contributed by atoms with van der Waals surface area (Å²) in [5.41, 5.74) is 1.97. The van der Waals surface area contributed by atoms with Crippen LogP contribution in [0.5, 0.6) is 11.5 Å². The van der Waals surface area contributed by atoms with Crippen LogP contribution in [-0.2, 0) is 14.8 Å². The predicted octanol–water partition coefficient (Wildman–Crippen LogP) is 1.60. The Kier molecular flexibility index (Phi) is 5.98. The second-order valence-corrected chi connectivity index (χ2v) is 8.13. The Morgan fingerprint density at radius 1 is 1.04 bits per heavy atom. The van der Waals surface area contributed by atoms with E-state index in [9.17, 15) is 13.2 Å². The molecule has 8 heteroatoms. The van der Waals surface area contributed by atoms with E-state index in [4.69, 9.17) is 9.47 Å². The molecule has 7 nitrogen and oxygen atoms in total. The molecule has 0 aliphatic carbocycles. The normalized spacial score (nSPS) is 14.0. The van der Waals surface area contributed by atoms with Crippen molar-refractivity contribution < 1.29 is 22.7 Å². The Morgan fingerprint density at radius 3 is 2.52 bits per heavy atom. The Balaban J connectivity index is 1.70. The van der Waals surface area contributed by atoms with E-state index in [1.165, 1.54) is 0 Å². The van der Waals surface area contributed by atoms with Crippen molar-refractivity contribution in [2.24, 2.45) is 0 Å². The van der Waals surface area contributed by atoms with Crippen molar-refractivity contribution in [1.82, 2.24) is 10.0 Å². The average molecular weight is 390 g/mol. The number of fused-ring (bicyclic) bond motifs is 1. The van der Waals surface area contributed by atoms with E-state index >= 15 is 0 Å². The first kappa shape index (κ1) is 19.2. The summed E-state index contributed by atoms with van der Waals surface area (Å²) >= 11 is 0. The van der Waals surface area contributed by atoms with Gasteiger partial charge in [0, 0.05) is 25.4 Å². The number of nitrogens with one attached hydrogen (secondary N) is 2. The van der Waals surface area contributed by atoms with E-state index in [-0.39, 0.29) is 38.1 Å². The highest BCUT2D eigenvalue weighted by molar-refractivity contribution is 7.88. The summed E-state index contributed by atoms with van der Waals surface area (Å²) in [6.45, 7) is 0.585. The van der Waals surface area contributed by atoms with Gasteiger partial charge in [-0.3, -0.25) is 4.79 Å². The van der Waals surface area contributed by atoms with Gasteiger partial charge in [0.2, 0.25) is 22.7 Å². The van der Waals surface area contributed by atoms with Gasteiger partial charge in [0.05, 0.1) is 6.26 Å². The van der Waals surface area contributed by atoms with E-state index in [2.05, 4.69) is 10.0 Å². The number of rotatable bonds is 8. The van der Waals surface area contributed by atoms with Crippen LogP contribution in [0.15, 0.2) is 48.5 Å². The van der Waals surface area contributed by atoms with Crippen molar-refractivity contribution >= 4 is 15.9 Å². The van der Waals surface area contributed by atoms with E-state index < -0.39 is 10.0 Å². The van der Waals surface area contributed by atoms with Crippen molar-refractivity contribution in [2.45, 2.75) is 12.3 Å². The first-order valence-electron chi connectivity index (χ1n) is 8.58. The summed E-state index contributed by atoms with van der Waals surface area (Å²) < 4.78 is 35.3. The van der Waals surface area contributed by atoms with Crippen LogP contribution in [0.1, 0.15) is 23.5 Å². The molecule has 2 N–H and O–H groups in total. The van der Waals surface area contributed by atoms with Gasteiger partial charge in [0.25, 0.3) is 0 Å². The molecule has 0 radical (unpaired) electrons. The van der Waals surface area contributed by atoms with Gasteiger partial charge in [0.15, 0.2) is 11.5 Å². The molecule has 1 aliphatic rings. The summed E-state index contributed by atoms with van der Waals surface area (Å²) in [4.78, 5) is 12.4. The van der Waals surface area contributed by atoms with Crippen LogP contribution in [0.2, 0.25) is 0 Å². The SMILES string of the molecule is CS(=O)(=O)NCCNC(=O)C[C@H](c1ccccc1)c1ccc2c(c1)OCO2. The zero-order chi connectivity index (χ0) is 19.3. The summed E-state index contributed by atoms with van der Waals surface area (Å²) in [6.07, 6.45) is 1.32. The molecule has 2 aromatic carbocycles. The fraction of sp³-hybridized carbons (Fsp3) is 0.316. The van der Waals surface area contributed by atoms with Crippen molar-refractivity contribution in [3.05, 3.63) is 59.7 Å². The smallest absolute Gasteiger partial charge is 0.231 e. The highest BCUT2D eigenvalue weighted by atomic mass is 32.2. The quantitative estimate of drug-likeness (QED) is 0.668. The van der Waals surface area contributed by atoms with Gasteiger partial charge in [-0.15, -0.1) is 0 Å². The molecule has 0 aromatic heterocycles. The number of ether oxygens (including phenoxy) is 2. The first-order chi connectivity index (χ1) is 12.9. The van der Waals surface area contributed by atoms with Gasteiger partial charge in [-0.2, -0.15) is 0 Å². The van der Waals surface area contributed by atoms with E-state index in [1.807, 2.05) is 48.5 Å². The van der Waals surface area contributed by atoms with Crippen LogP contribution in [-0.4, -0.2) is 40.5 Å². The number of amides is 1. The lowest BCUT2D eigenvalue weighted by atomic mass is 9.88. The zero-order valence-corrected chi connectivity index (χ0v) is 15.8. The topological polar surface area (TPSA) is 93.7 Å². The molecule has 1 atom stereocenters. The maximum absolute atomic E-state index is 12.4. The maximum atomic E-state index is 12.4. The lowest BCUT2D eigenvalue weighted by Gasteiger charge is -2.18. The fourth-order valence-corrected chi connectivity index (χ4v) is 3.41. The molecule has 1 aliphatic heterocycles. The number of hydrogen-bond donors (Lipinski definition) is 2. The van der Waals surface area contributed by atoms with Gasteiger partial charge >= 0.3 is 0 Å². The van der Waals surface area contributed by atoms with Crippen LogP contribution in [0, 0.1) is 0 Å². The highest BCUT2D eigenvalue weighted by Gasteiger charge is 2.21. The molecule has 1 amide bonds. The Hall–Kier alpha value is -2.58. The van der Waals surface area contributed by atoms with Crippen molar-refractivity contribution in [3.8, 4) is 11.5 Å². The first-order valence-corrected chi connectivity index (χ1v) is 10.5. The third-order valence-corrected chi connectivity index (χ3v) is 4.93. The number of carbonyl (C=O) groups excluding carboxylic acids is 1. The number of sulfonamides is 1. The van der Waals surface area contributed by atoms with Gasteiger partial charge in [-0.1, -0.05) is 36.4 Å². The van der Waals surface area contributed by atoms with Gasteiger partial charge < -0.3 is 14.8 Å². The molecule has 2 aromatic rings. The van der Waals surface area contributed by atoms with Crippen molar-refractivity contribution in [2.75, 3.05) is 26.1 Å². The minimum Gasteiger partial charge on any atom is -0.454 e. The Bertz CT molecular complexity index is 900. The molecule has 0 saturated heterocycles. The van der Waals surface area contributed by atoms with Crippen LogP contribution in [0.4, 0.5) is 0 Å². The lowest BCUT2D eigenvalue weighted by molar-refractivity contribution is -0.121. The van der Waals surface area contributed by atoms with Gasteiger partial charge in [-0.05, 0) is 23.3 Å². The fourth-order valence-electron chi connectivity index (χ4n) is 2.94. The largest absolute Gasteiger partial charge is 0.454 e. The summed E-state index contributed by atoms with van der Waals surface area (Å²) in [5.74, 6) is 1.06. The molecule has 0 spiro atoms. The average Bonchev–Trinajstić information content (AvgIpc) is 3.11. The van der Waals surface area contributed by atoms with E-state index in [0.29, 0.717) is 11.5 Å².